The maximum absolute atomic E-state index is 12.7. The second-order valence-corrected chi connectivity index (χ2v) is 4.77. The standard InChI is InChI=1S/C17H13NO3/c1-2-10-18(21)14-9-5-8-13-15(14)17(20)12-7-4-3-6-11(12)16(13)19/h2-9,21H,1,10H2. The summed E-state index contributed by atoms with van der Waals surface area (Å²) in [4.78, 5) is 25.2. The van der Waals surface area contributed by atoms with Crippen LogP contribution in [-0.2, 0) is 0 Å². The second-order valence-electron chi connectivity index (χ2n) is 4.77. The van der Waals surface area contributed by atoms with Gasteiger partial charge in [0.2, 0.25) is 0 Å². The Morgan fingerprint density at radius 2 is 1.57 bits per heavy atom. The predicted octanol–water partition coefficient (Wildman–Crippen LogP) is 2.84. The molecule has 0 bridgehead atoms. The summed E-state index contributed by atoms with van der Waals surface area (Å²) in [6.07, 6.45) is 1.52. The third kappa shape index (κ3) is 1.97. The Bertz CT molecular complexity index is 764. The third-order valence-corrected chi connectivity index (χ3v) is 3.51. The van der Waals surface area contributed by atoms with Gasteiger partial charge in [0.15, 0.2) is 11.6 Å². The molecule has 3 rings (SSSR count). The van der Waals surface area contributed by atoms with Crippen LogP contribution in [-0.4, -0.2) is 23.3 Å². The van der Waals surface area contributed by atoms with Crippen LogP contribution in [0.4, 0.5) is 5.69 Å². The van der Waals surface area contributed by atoms with Crippen LogP contribution in [0.1, 0.15) is 31.8 Å². The smallest absolute Gasteiger partial charge is 0.196 e. The van der Waals surface area contributed by atoms with Crippen LogP contribution in [0.25, 0.3) is 0 Å². The number of fused-ring (bicyclic) bond motifs is 2. The van der Waals surface area contributed by atoms with Crippen LogP contribution >= 0.6 is 0 Å². The number of hydrogen-bond donors (Lipinski definition) is 1. The quantitative estimate of drug-likeness (QED) is 0.591. The Hall–Kier alpha value is -2.72. The summed E-state index contributed by atoms with van der Waals surface area (Å²) >= 11 is 0. The molecule has 4 nitrogen and oxygen atoms in total. The summed E-state index contributed by atoms with van der Waals surface area (Å²) in [5.74, 6) is -0.451. The Morgan fingerprint density at radius 1 is 0.952 bits per heavy atom. The molecule has 4 heteroatoms. The minimum Gasteiger partial charge on any atom is -0.289 e. The Balaban J connectivity index is 2.23. The molecule has 0 heterocycles. The zero-order valence-corrected chi connectivity index (χ0v) is 11.2. The molecule has 2 aromatic rings. The highest BCUT2D eigenvalue weighted by molar-refractivity contribution is 6.30. The number of ketones is 2. The maximum Gasteiger partial charge on any atom is 0.196 e. The zero-order chi connectivity index (χ0) is 15.0. The molecular weight excluding hydrogens is 266 g/mol. The molecule has 21 heavy (non-hydrogen) atoms. The van der Waals surface area contributed by atoms with Crippen LogP contribution in [0, 0.1) is 0 Å². The van der Waals surface area contributed by atoms with Gasteiger partial charge in [0, 0.05) is 16.7 Å². The van der Waals surface area contributed by atoms with E-state index in [1.807, 2.05) is 0 Å². The lowest BCUT2D eigenvalue weighted by molar-refractivity contribution is 0.0978. The van der Waals surface area contributed by atoms with Crippen molar-refractivity contribution >= 4 is 17.3 Å². The van der Waals surface area contributed by atoms with Gasteiger partial charge >= 0.3 is 0 Å². The molecule has 0 fully saturated rings. The van der Waals surface area contributed by atoms with Crippen molar-refractivity contribution in [3.05, 3.63) is 77.4 Å². The minimum absolute atomic E-state index is 0.166. The van der Waals surface area contributed by atoms with Crippen molar-refractivity contribution in [2.45, 2.75) is 0 Å². The largest absolute Gasteiger partial charge is 0.289 e. The first kappa shape index (κ1) is 13.3. The van der Waals surface area contributed by atoms with E-state index >= 15 is 0 Å². The van der Waals surface area contributed by atoms with E-state index in [-0.39, 0.29) is 23.7 Å². The van der Waals surface area contributed by atoms with Crippen molar-refractivity contribution < 1.29 is 14.8 Å². The highest BCUT2D eigenvalue weighted by Gasteiger charge is 2.32. The molecule has 104 valence electrons. The van der Waals surface area contributed by atoms with Gasteiger partial charge in [-0.1, -0.05) is 42.5 Å². The van der Waals surface area contributed by atoms with Gasteiger partial charge in [-0.05, 0) is 6.07 Å². The molecule has 0 saturated heterocycles. The number of benzene rings is 2. The van der Waals surface area contributed by atoms with Crippen molar-refractivity contribution in [2.75, 3.05) is 11.6 Å². The molecule has 0 aliphatic heterocycles. The van der Waals surface area contributed by atoms with Crippen LogP contribution < -0.4 is 5.06 Å². The molecule has 0 saturated carbocycles. The lowest BCUT2D eigenvalue weighted by atomic mass is 9.83. The molecule has 0 spiro atoms. The highest BCUT2D eigenvalue weighted by Crippen LogP contribution is 2.33. The number of anilines is 1. The van der Waals surface area contributed by atoms with Gasteiger partial charge in [-0.15, -0.1) is 6.58 Å². The molecule has 0 aromatic heterocycles. The van der Waals surface area contributed by atoms with Crippen molar-refractivity contribution in [3.8, 4) is 0 Å². The van der Waals surface area contributed by atoms with E-state index in [0.717, 1.165) is 5.06 Å². The molecule has 2 aromatic carbocycles. The third-order valence-electron chi connectivity index (χ3n) is 3.51. The van der Waals surface area contributed by atoms with Gasteiger partial charge in [-0.25, -0.2) is 0 Å². The highest BCUT2D eigenvalue weighted by atomic mass is 16.5. The van der Waals surface area contributed by atoms with E-state index in [9.17, 15) is 14.8 Å². The summed E-state index contributed by atoms with van der Waals surface area (Å²) in [5, 5.41) is 10.9. The molecule has 0 atom stereocenters. The van der Waals surface area contributed by atoms with Crippen molar-refractivity contribution in [3.63, 3.8) is 0 Å². The van der Waals surface area contributed by atoms with Crippen molar-refractivity contribution in [1.82, 2.24) is 0 Å². The Morgan fingerprint density at radius 3 is 2.24 bits per heavy atom. The SMILES string of the molecule is C=CCN(O)c1cccc2c1C(=O)c1ccccc1C2=O. The minimum atomic E-state index is -0.251. The van der Waals surface area contributed by atoms with E-state index < -0.39 is 0 Å². The van der Waals surface area contributed by atoms with E-state index in [4.69, 9.17) is 0 Å². The van der Waals surface area contributed by atoms with Crippen LogP contribution in [0.15, 0.2) is 55.1 Å². The van der Waals surface area contributed by atoms with Gasteiger partial charge in [0.1, 0.15) is 0 Å². The molecule has 1 aliphatic rings. The van der Waals surface area contributed by atoms with Crippen molar-refractivity contribution in [1.29, 1.82) is 0 Å². The average molecular weight is 279 g/mol. The van der Waals surface area contributed by atoms with Gasteiger partial charge in [-0.2, -0.15) is 0 Å². The summed E-state index contributed by atoms with van der Waals surface area (Å²) in [7, 11) is 0. The fourth-order valence-corrected chi connectivity index (χ4v) is 2.56. The second kappa shape index (κ2) is 5.00. The summed E-state index contributed by atoms with van der Waals surface area (Å²) in [5.41, 5.74) is 1.65. The lowest BCUT2D eigenvalue weighted by Gasteiger charge is -2.23. The zero-order valence-electron chi connectivity index (χ0n) is 11.2. The number of nitrogens with zero attached hydrogens (tertiary/aromatic N) is 1. The Labute approximate surface area is 121 Å². The first-order valence-corrected chi connectivity index (χ1v) is 6.54. The molecule has 0 unspecified atom stereocenters. The topological polar surface area (TPSA) is 57.6 Å². The maximum atomic E-state index is 12.7. The molecule has 0 amide bonds. The summed E-state index contributed by atoms with van der Waals surface area (Å²) in [6, 6.07) is 11.6. The van der Waals surface area contributed by atoms with E-state index in [0.29, 0.717) is 22.4 Å². The first-order valence-electron chi connectivity index (χ1n) is 6.54. The van der Waals surface area contributed by atoms with E-state index in [2.05, 4.69) is 6.58 Å². The van der Waals surface area contributed by atoms with Gasteiger partial charge in [0.05, 0.1) is 17.8 Å². The monoisotopic (exact) mass is 279 g/mol. The van der Waals surface area contributed by atoms with E-state index in [1.165, 1.54) is 6.08 Å². The van der Waals surface area contributed by atoms with Crippen LogP contribution in [0.3, 0.4) is 0 Å². The number of hydrogen-bond acceptors (Lipinski definition) is 4. The van der Waals surface area contributed by atoms with E-state index in [1.54, 1.807) is 42.5 Å². The number of hydroxylamine groups is 1. The summed E-state index contributed by atoms with van der Waals surface area (Å²) < 4.78 is 0. The molecule has 1 N–H and O–H groups in total. The molecule has 1 aliphatic carbocycles. The molecular formula is C17H13NO3. The Kier molecular flexibility index (Phi) is 3.16. The lowest BCUT2D eigenvalue weighted by Crippen LogP contribution is -2.26. The van der Waals surface area contributed by atoms with Crippen LogP contribution in [0.5, 0.6) is 0 Å². The normalized spacial score (nSPS) is 12.6. The fraction of sp³-hybridized carbons (Fsp3) is 0.0588. The number of rotatable bonds is 3. The van der Waals surface area contributed by atoms with Gasteiger partial charge < -0.3 is 0 Å². The fourth-order valence-electron chi connectivity index (χ4n) is 2.56. The molecule has 0 radical (unpaired) electrons. The van der Waals surface area contributed by atoms with Gasteiger partial charge in [-0.3, -0.25) is 19.9 Å². The van der Waals surface area contributed by atoms with Crippen LogP contribution in [0.2, 0.25) is 0 Å². The predicted molar refractivity (Wildman–Crippen MR) is 79.1 cm³/mol. The average Bonchev–Trinajstić information content (AvgIpc) is 2.52. The summed E-state index contributed by atoms with van der Waals surface area (Å²) in [6.45, 7) is 3.72. The van der Waals surface area contributed by atoms with Crippen molar-refractivity contribution in [2.24, 2.45) is 0 Å². The number of carbonyl (C=O) groups is 2. The van der Waals surface area contributed by atoms with Gasteiger partial charge in [0.25, 0.3) is 0 Å². The first-order chi connectivity index (χ1) is 10.1. The number of carbonyl (C=O) groups excluding carboxylic acids is 2.